The number of nitrogens with zero attached hydrogens (tertiary/aromatic N) is 3. The van der Waals surface area contributed by atoms with Crippen LogP contribution in [-0.2, 0) is 11.8 Å². The van der Waals surface area contributed by atoms with E-state index in [1.165, 1.54) is 12.8 Å². The molecule has 1 aromatic carbocycles. The quantitative estimate of drug-likeness (QED) is 0.475. The van der Waals surface area contributed by atoms with Crippen molar-refractivity contribution >= 4 is 27.8 Å². The van der Waals surface area contributed by atoms with Crippen molar-refractivity contribution in [3.05, 3.63) is 47.0 Å². The minimum atomic E-state index is -0.464. The Labute approximate surface area is 230 Å². The molecule has 1 amide bonds. The van der Waals surface area contributed by atoms with Crippen LogP contribution in [0.25, 0.3) is 21.7 Å². The van der Waals surface area contributed by atoms with E-state index in [1.54, 1.807) is 28.9 Å². The van der Waals surface area contributed by atoms with E-state index in [9.17, 15) is 9.59 Å². The van der Waals surface area contributed by atoms with Crippen LogP contribution in [0.3, 0.4) is 0 Å². The average Bonchev–Trinajstić information content (AvgIpc) is 2.94. The fraction of sp³-hybridized carbons (Fsp3) is 0.567. The molecule has 0 saturated carbocycles. The third-order valence-electron chi connectivity index (χ3n) is 7.31. The molecule has 2 aliphatic rings. The highest BCUT2D eigenvalue weighted by molar-refractivity contribution is 6.05. The van der Waals surface area contributed by atoms with Gasteiger partial charge in [-0.2, -0.15) is 0 Å². The van der Waals surface area contributed by atoms with Crippen molar-refractivity contribution in [3.63, 3.8) is 0 Å². The molecule has 212 valence electrons. The lowest BCUT2D eigenvalue weighted by atomic mass is 10.0. The number of ether oxygens (including phenoxy) is 2. The van der Waals surface area contributed by atoms with Gasteiger partial charge >= 0.3 is 6.09 Å². The minimum Gasteiger partial charge on any atom is -0.492 e. The van der Waals surface area contributed by atoms with Gasteiger partial charge < -0.3 is 29.4 Å². The number of rotatable bonds is 4. The molecule has 4 heterocycles. The Kier molecular flexibility index (Phi) is 9.45. The summed E-state index contributed by atoms with van der Waals surface area (Å²) in [5, 5.41) is 15.3. The predicted octanol–water partition coefficient (Wildman–Crippen LogP) is 4.38. The molecule has 2 fully saturated rings. The maximum Gasteiger partial charge on any atom is 0.410 e. The van der Waals surface area contributed by atoms with Crippen molar-refractivity contribution in [1.29, 1.82) is 0 Å². The van der Waals surface area contributed by atoms with E-state index in [1.807, 2.05) is 45.0 Å². The van der Waals surface area contributed by atoms with Crippen molar-refractivity contribution in [1.82, 2.24) is 19.8 Å². The summed E-state index contributed by atoms with van der Waals surface area (Å²) in [5.74, 6) is 0.804. The molecule has 0 bridgehead atoms. The number of aryl methyl sites for hydroxylation is 1. The fourth-order valence-corrected chi connectivity index (χ4v) is 5.21. The van der Waals surface area contributed by atoms with E-state index >= 15 is 0 Å². The summed E-state index contributed by atoms with van der Waals surface area (Å²) in [4.78, 5) is 30.0. The summed E-state index contributed by atoms with van der Waals surface area (Å²) in [6.07, 6.45) is 9.65. The number of piperidine rings is 2. The van der Waals surface area contributed by atoms with Crippen LogP contribution in [0.4, 0.5) is 4.79 Å². The van der Waals surface area contributed by atoms with E-state index in [0.717, 1.165) is 54.3 Å². The first kappa shape index (κ1) is 28.8. The molecule has 3 aromatic rings. The van der Waals surface area contributed by atoms with Gasteiger partial charge in [0.05, 0.1) is 23.6 Å². The number of aliphatic hydroxyl groups excluding tert-OH is 1. The van der Waals surface area contributed by atoms with Crippen molar-refractivity contribution in [2.24, 2.45) is 7.05 Å². The Bertz CT molecular complexity index is 1330. The van der Waals surface area contributed by atoms with Gasteiger partial charge in [0.25, 0.3) is 5.56 Å². The van der Waals surface area contributed by atoms with Gasteiger partial charge in [-0.3, -0.25) is 9.78 Å². The molecule has 9 heteroatoms. The number of amides is 1. The van der Waals surface area contributed by atoms with Crippen LogP contribution in [0.2, 0.25) is 0 Å². The van der Waals surface area contributed by atoms with Crippen LogP contribution in [0.15, 0.2) is 41.5 Å². The van der Waals surface area contributed by atoms with Crippen LogP contribution in [0.1, 0.15) is 59.3 Å². The highest BCUT2D eigenvalue weighted by atomic mass is 16.6. The van der Waals surface area contributed by atoms with Gasteiger partial charge in [0.2, 0.25) is 0 Å². The van der Waals surface area contributed by atoms with Crippen LogP contribution in [0.5, 0.6) is 5.75 Å². The number of hydrogen-bond donors (Lipinski definition) is 2. The largest absolute Gasteiger partial charge is 0.492 e. The molecule has 0 aliphatic carbocycles. The monoisotopic (exact) mass is 538 g/mol. The molecular weight excluding hydrogens is 496 g/mol. The third kappa shape index (κ3) is 7.28. The summed E-state index contributed by atoms with van der Waals surface area (Å²) in [6, 6.07) is 8.22. The Balaban J connectivity index is 0.000000204. The highest BCUT2D eigenvalue weighted by Crippen LogP contribution is 2.26. The van der Waals surface area contributed by atoms with Crippen LogP contribution >= 0.6 is 0 Å². The Morgan fingerprint density at radius 1 is 1.10 bits per heavy atom. The number of aromatic nitrogens is 2. The summed E-state index contributed by atoms with van der Waals surface area (Å²) in [7, 11) is 1.80. The van der Waals surface area contributed by atoms with E-state index in [4.69, 9.17) is 14.6 Å². The molecule has 5 rings (SSSR count). The second kappa shape index (κ2) is 12.8. The molecule has 2 aliphatic heterocycles. The van der Waals surface area contributed by atoms with Crippen molar-refractivity contribution < 1.29 is 19.4 Å². The zero-order chi connectivity index (χ0) is 28.0. The number of fused-ring (bicyclic) bond motifs is 3. The number of carbonyl (C=O) groups excluding carboxylic acids is 1. The highest BCUT2D eigenvalue weighted by Gasteiger charge is 2.29. The second-order valence-corrected chi connectivity index (χ2v) is 11.4. The second-order valence-electron chi connectivity index (χ2n) is 11.4. The minimum absolute atomic E-state index is 0.0270. The topological polar surface area (TPSA) is 106 Å². The van der Waals surface area contributed by atoms with Crippen LogP contribution in [0, 0.1) is 0 Å². The lowest BCUT2D eigenvalue weighted by Crippen LogP contribution is -2.47. The molecule has 2 atom stereocenters. The van der Waals surface area contributed by atoms with E-state index < -0.39 is 5.60 Å². The molecule has 39 heavy (non-hydrogen) atoms. The predicted molar refractivity (Wildman–Crippen MR) is 153 cm³/mol. The maximum absolute atomic E-state index is 12.5. The average molecular weight is 539 g/mol. The first-order valence-electron chi connectivity index (χ1n) is 14.0. The van der Waals surface area contributed by atoms with Gasteiger partial charge in [-0.1, -0.05) is 6.42 Å². The van der Waals surface area contributed by atoms with Gasteiger partial charge in [-0.25, -0.2) is 4.79 Å². The van der Waals surface area contributed by atoms with Gasteiger partial charge in [-0.05, 0) is 83.0 Å². The Morgan fingerprint density at radius 2 is 1.90 bits per heavy atom. The summed E-state index contributed by atoms with van der Waals surface area (Å²) in [6.45, 7) is 8.00. The molecular formula is C30H42N4O5. The number of likely N-dealkylation sites (tertiary alicyclic amines) is 1. The van der Waals surface area contributed by atoms with E-state index in [0.29, 0.717) is 24.6 Å². The molecule has 0 radical (unpaired) electrons. The lowest BCUT2D eigenvalue weighted by Gasteiger charge is -2.35. The van der Waals surface area contributed by atoms with Gasteiger partial charge in [0, 0.05) is 43.5 Å². The fourth-order valence-electron chi connectivity index (χ4n) is 5.21. The first-order valence-corrected chi connectivity index (χ1v) is 14.0. The van der Waals surface area contributed by atoms with Gasteiger partial charge in [0.15, 0.2) is 0 Å². The Hall–Kier alpha value is -3.17. The normalized spacial score (nSPS) is 19.9. The van der Waals surface area contributed by atoms with Gasteiger partial charge in [0.1, 0.15) is 18.0 Å². The van der Waals surface area contributed by atoms with E-state index in [-0.39, 0.29) is 24.3 Å². The molecule has 0 spiro atoms. The van der Waals surface area contributed by atoms with Crippen molar-refractivity contribution in [3.8, 4) is 5.75 Å². The smallest absolute Gasteiger partial charge is 0.410 e. The molecule has 2 saturated heterocycles. The SMILES string of the molecule is CC(C)(C)OC(=O)N1CCCCC1CO.Cn1c(=O)c2cnccc2c2ccc(OCC3CCCCN3)cc21. The van der Waals surface area contributed by atoms with E-state index in [2.05, 4.69) is 10.3 Å². The van der Waals surface area contributed by atoms with Crippen LogP contribution < -0.4 is 15.6 Å². The summed E-state index contributed by atoms with van der Waals surface area (Å²) < 4.78 is 12.9. The summed E-state index contributed by atoms with van der Waals surface area (Å²) >= 11 is 0. The molecule has 2 N–H and O–H groups in total. The van der Waals surface area contributed by atoms with Crippen LogP contribution in [-0.4, -0.2) is 69.6 Å². The number of nitrogens with one attached hydrogen (secondary N) is 1. The number of aliphatic hydroxyl groups is 1. The molecule has 2 unspecified atom stereocenters. The first-order chi connectivity index (χ1) is 18.7. The zero-order valence-corrected chi connectivity index (χ0v) is 23.6. The summed E-state index contributed by atoms with van der Waals surface area (Å²) in [5.41, 5.74) is 0.388. The van der Waals surface area contributed by atoms with Crippen molar-refractivity contribution in [2.75, 3.05) is 26.3 Å². The zero-order valence-electron chi connectivity index (χ0n) is 23.6. The molecule has 2 aromatic heterocycles. The lowest BCUT2D eigenvalue weighted by molar-refractivity contribution is 0.00181. The third-order valence-corrected chi connectivity index (χ3v) is 7.31. The Morgan fingerprint density at radius 3 is 2.62 bits per heavy atom. The van der Waals surface area contributed by atoms with Crippen molar-refractivity contribution in [2.45, 2.75) is 77.0 Å². The van der Waals surface area contributed by atoms with Gasteiger partial charge in [-0.15, -0.1) is 0 Å². The number of pyridine rings is 2. The maximum atomic E-state index is 12.5. The number of hydrogen-bond acceptors (Lipinski definition) is 7. The number of benzene rings is 1. The standard InChI is InChI=1S/C19H21N3O2.C11H21NO3/c1-22-18-10-14(24-12-13-4-2-3-8-21-13)5-6-16(18)15-7-9-20-11-17(15)19(22)23;1-11(2,3)15-10(14)12-7-5-4-6-9(12)8-13/h5-7,9-11,13,21H,2-4,8,12H2,1H3;9,13H,4-8H2,1-3H3. The molecule has 9 nitrogen and oxygen atoms in total. The number of carbonyl (C=O) groups is 1.